The summed E-state index contributed by atoms with van der Waals surface area (Å²) in [4.78, 5) is 28.7. The number of nitrogens with one attached hydrogen (secondary N) is 1. The van der Waals surface area contributed by atoms with Crippen LogP contribution >= 0.6 is 11.8 Å². The molecule has 0 aliphatic carbocycles. The van der Waals surface area contributed by atoms with Crippen molar-refractivity contribution in [3.05, 3.63) is 23.6 Å². The summed E-state index contributed by atoms with van der Waals surface area (Å²) >= 11 is 1.79. The Morgan fingerprint density at radius 3 is 2.70 bits per heavy atom. The number of likely N-dealkylation sites (tertiary alicyclic amines) is 1. The van der Waals surface area contributed by atoms with E-state index in [0.29, 0.717) is 0 Å². The van der Waals surface area contributed by atoms with Gasteiger partial charge in [-0.05, 0) is 52.5 Å². The normalized spacial score (nSPS) is 28.6. The van der Waals surface area contributed by atoms with Crippen molar-refractivity contribution in [1.29, 1.82) is 0 Å². The van der Waals surface area contributed by atoms with Gasteiger partial charge in [-0.15, -0.1) is 0 Å². The summed E-state index contributed by atoms with van der Waals surface area (Å²) in [6.07, 6.45) is 7.29. The molecule has 1 fully saturated rings. The van der Waals surface area contributed by atoms with Crippen LogP contribution in [0.1, 0.15) is 40.5 Å². The zero-order valence-corrected chi connectivity index (χ0v) is 17.8. The van der Waals surface area contributed by atoms with E-state index in [2.05, 4.69) is 16.5 Å². The lowest BCUT2D eigenvalue weighted by atomic mass is 10.1. The minimum atomic E-state index is -0.316. The van der Waals surface area contributed by atoms with Gasteiger partial charge < -0.3 is 19.9 Å². The van der Waals surface area contributed by atoms with Crippen molar-refractivity contribution < 1.29 is 14.3 Å². The number of ether oxygens (including phenoxy) is 1. The van der Waals surface area contributed by atoms with Gasteiger partial charge in [0.2, 0.25) is 5.91 Å². The fourth-order valence-corrected chi connectivity index (χ4v) is 4.57. The van der Waals surface area contributed by atoms with E-state index in [1.807, 2.05) is 32.6 Å². The lowest BCUT2D eigenvalue weighted by molar-refractivity contribution is -0.128. The average Bonchev–Trinajstić information content (AvgIpc) is 3.23. The molecule has 2 amide bonds. The number of nitrogens with zero attached hydrogens (tertiary/aromatic N) is 2. The summed E-state index contributed by atoms with van der Waals surface area (Å²) in [6.45, 7) is 9.66. The quantitative estimate of drug-likeness (QED) is 0.749. The Kier molecular flexibility index (Phi) is 5.79. The molecule has 0 bridgehead atoms. The van der Waals surface area contributed by atoms with Crippen molar-refractivity contribution in [3.8, 4) is 0 Å². The lowest BCUT2D eigenvalue weighted by Crippen LogP contribution is -2.44. The molecule has 3 aliphatic heterocycles. The van der Waals surface area contributed by atoms with E-state index < -0.39 is 0 Å². The summed E-state index contributed by atoms with van der Waals surface area (Å²) in [5.41, 5.74) is 0.763. The Labute approximate surface area is 166 Å². The number of hydrogen-bond acceptors (Lipinski definition) is 5. The molecule has 0 aromatic heterocycles. The molecule has 0 aromatic rings. The monoisotopic (exact) mass is 393 g/mol. The second kappa shape index (κ2) is 7.78. The van der Waals surface area contributed by atoms with Gasteiger partial charge in [0, 0.05) is 30.9 Å². The molecule has 7 heteroatoms. The first-order valence-corrected chi connectivity index (χ1v) is 11.1. The molecular formula is C20H31N3O3S. The maximum atomic E-state index is 12.6. The number of carbonyl (C=O) groups is 2. The fraction of sp³-hybridized carbons (Fsp3) is 0.700. The number of hydrogen-bond donors (Lipinski definition) is 1. The summed E-state index contributed by atoms with van der Waals surface area (Å²) < 4.78 is 5.99. The van der Waals surface area contributed by atoms with E-state index in [1.165, 1.54) is 0 Å². The summed E-state index contributed by atoms with van der Waals surface area (Å²) in [6, 6.07) is 0.183. The molecule has 3 unspecified atom stereocenters. The summed E-state index contributed by atoms with van der Waals surface area (Å²) in [5, 5.41) is 3.05. The van der Waals surface area contributed by atoms with Crippen LogP contribution in [-0.4, -0.2) is 70.4 Å². The van der Waals surface area contributed by atoms with Gasteiger partial charge in [0.15, 0.2) is 0 Å². The van der Waals surface area contributed by atoms with Crippen LogP contribution in [-0.2, 0) is 14.3 Å². The van der Waals surface area contributed by atoms with Gasteiger partial charge in [-0.2, -0.15) is 11.8 Å². The standard InChI is InChI=1S/C20H31N3O3S/c1-13-17(26-20(2,3)4)11-19(25)23(13)14-6-8-22(12-14)16-10-18(24)21-15(16)7-9-27-5/h10-11,13-15H,6-9,12H2,1-5H3,(H,21,24). The van der Waals surface area contributed by atoms with Crippen LogP contribution in [0.2, 0.25) is 0 Å². The van der Waals surface area contributed by atoms with Crippen molar-refractivity contribution in [2.45, 2.75) is 64.3 Å². The number of rotatable bonds is 6. The topological polar surface area (TPSA) is 61.9 Å². The molecule has 27 heavy (non-hydrogen) atoms. The van der Waals surface area contributed by atoms with Gasteiger partial charge in [-0.1, -0.05) is 0 Å². The van der Waals surface area contributed by atoms with Crippen LogP contribution in [0.5, 0.6) is 0 Å². The predicted octanol–water partition coefficient (Wildman–Crippen LogP) is 2.13. The van der Waals surface area contributed by atoms with Gasteiger partial charge in [-0.25, -0.2) is 0 Å². The fourth-order valence-electron chi connectivity index (χ4n) is 4.10. The van der Waals surface area contributed by atoms with Gasteiger partial charge in [0.1, 0.15) is 11.4 Å². The smallest absolute Gasteiger partial charge is 0.250 e. The zero-order valence-electron chi connectivity index (χ0n) is 16.9. The molecule has 0 aromatic carbocycles. The van der Waals surface area contributed by atoms with Gasteiger partial charge in [0.05, 0.1) is 18.1 Å². The largest absolute Gasteiger partial charge is 0.490 e. The van der Waals surface area contributed by atoms with Crippen molar-refractivity contribution in [2.24, 2.45) is 0 Å². The highest BCUT2D eigenvalue weighted by Gasteiger charge is 2.41. The van der Waals surface area contributed by atoms with Gasteiger partial charge >= 0.3 is 0 Å². The van der Waals surface area contributed by atoms with Crippen molar-refractivity contribution >= 4 is 23.6 Å². The van der Waals surface area contributed by atoms with Crippen molar-refractivity contribution in [1.82, 2.24) is 15.1 Å². The van der Waals surface area contributed by atoms with Gasteiger partial charge in [-0.3, -0.25) is 9.59 Å². The second-order valence-electron chi connectivity index (χ2n) is 8.48. The zero-order chi connectivity index (χ0) is 19.8. The minimum absolute atomic E-state index is 0.00676. The molecule has 1 N–H and O–H groups in total. The number of carbonyl (C=O) groups excluding carboxylic acids is 2. The van der Waals surface area contributed by atoms with E-state index in [1.54, 1.807) is 23.9 Å². The van der Waals surface area contributed by atoms with Crippen LogP contribution in [0.15, 0.2) is 23.6 Å². The van der Waals surface area contributed by atoms with Crippen LogP contribution in [0.3, 0.4) is 0 Å². The molecule has 3 rings (SSSR count). The third-order valence-corrected chi connectivity index (χ3v) is 5.90. The number of thioether (sulfide) groups is 1. The molecule has 0 radical (unpaired) electrons. The van der Waals surface area contributed by atoms with Crippen molar-refractivity contribution in [3.63, 3.8) is 0 Å². The summed E-state index contributed by atoms with van der Waals surface area (Å²) in [7, 11) is 0. The highest BCUT2D eigenvalue weighted by atomic mass is 32.2. The molecule has 3 aliphatic rings. The first-order chi connectivity index (χ1) is 12.7. The average molecular weight is 394 g/mol. The highest BCUT2D eigenvalue weighted by molar-refractivity contribution is 7.98. The van der Waals surface area contributed by atoms with Crippen LogP contribution in [0.25, 0.3) is 0 Å². The Bertz CT molecular complexity index is 668. The SMILES string of the molecule is CSCCC1NC(=O)C=C1N1CCC(N2C(=O)C=C(OC(C)(C)C)C2C)C1. The second-order valence-corrected chi connectivity index (χ2v) is 9.47. The molecular weight excluding hydrogens is 362 g/mol. The first kappa shape index (κ1) is 20.1. The maximum Gasteiger partial charge on any atom is 0.250 e. The lowest BCUT2D eigenvalue weighted by Gasteiger charge is -2.32. The van der Waals surface area contributed by atoms with Crippen LogP contribution in [0.4, 0.5) is 0 Å². The Morgan fingerprint density at radius 2 is 2.04 bits per heavy atom. The summed E-state index contributed by atoms with van der Waals surface area (Å²) in [5.74, 6) is 1.79. The Morgan fingerprint density at radius 1 is 1.30 bits per heavy atom. The highest BCUT2D eigenvalue weighted by Crippen LogP contribution is 2.32. The third kappa shape index (κ3) is 4.45. The van der Waals surface area contributed by atoms with E-state index in [-0.39, 0.29) is 35.5 Å². The molecule has 150 valence electrons. The van der Waals surface area contributed by atoms with Gasteiger partial charge in [0.25, 0.3) is 5.91 Å². The molecule has 3 heterocycles. The molecule has 3 atom stereocenters. The predicted molar refractivity (Wildman–Crippen MR) is 108 cm³/mol. The molecule has 0 spiro atoms. The molecule has 0 saturated carbocycles. The Hall–Kier alpha value is -1.63. The van der Waals surface area contributed by atoms with Crippen molar-refractivity contribution in [2.75, 3.05) is 25.1 Å². The minimum Gasteiger partial charge on any atom is -0.490 e. The first-order valence-electron chi connectivity index (χ1n) is 9.68. The van der Waals surface area contributed by atoms with E-state index in [9.17, 15) is 9.59 Å². The number of amides is 2. The molecule has 6 nitrogen and oxygen atoms in total. The van der Waals surface area contributed by atoms with E-state index >= 15 is 0 Å². The van der Waals surface area contributed by atoms with E-state index in [0.717, 1.165) is 43.1 Å². The van der Waals surface area contributed by atoms with Crippen LogP contribution in [0, 0.1) is 0 Å². The third-order valence-electron chi connectivity index (χ3n) is 5.26. The molecule has 1 saturated heterocycles. The maximum absolute atomic E-state index is 12.6. The van der Waals surface area contributed by atoms with E-state index in [4.69, 9.17) is 4.74 Å². The Balaban J connectivity index is 1.65. The van der Waals surface area contributed by atoms with Crippen LogP contribution < -0.4 is 5.32 Å².